The Labute approximate surface area is 136 Å². The van der Waals surface area contributed by atoms with Gasteiger partial charge in [-0.05, 0) is 42.9 Å². The van der Waals surface area contributed by atoms with E-state index in [9.17, 15) is 0 Å². The SMILES string of the molecule is CCOC1OC1C1CC1c1ccc(OCC2COC2)c(OC)c1. The van der Waals surface area contributed by atoms with Gasteiger partial charge in [-0.2, -0.15) is 0 Å². The zero-order chi connectivity index (χ0) is 15.8. The summed E-state index contributed by atoms with van der Waals surface area (Å²) < 4.78 is 27.7. The molecule has 5 nitrogen and oxygen atoms in total. The summed E-state index contributed by atoms with van der Waals surface area (Å²) in [6.07, 6.45) is 1.46. The molecular formula is C18H24O5. The van der Waals surface area contributed by atoms with Crippen LogP contribution in [0.25, 0.3) is 0 Å². The molecule has 1 aromatic rings. The topological polar surface area (TPSA) is 49.5 Å². The van der Waals surface area contributed by atoms with Gasteiger partial charge in [-0.1, -0.05) is 6.07 Å². The first-order valence-corrected chi connectivity index (χ1v) is 8.45. The lowest BCUT2D eigenvalue weighted by Crippen LogP contribution is -2.32. The highest BCUT2D eigenvalue weighted by atomic mass is 16.8. The van der Waals surface area contributed by atoms with E-state index in [-0.39, 0.29) is 12.4 Å². The molecule has 4 atom stereocenters. The normalized spacial score (nSPS) is 32.3. The number of methoxy groups -OCH3 is 1. The molecular weight excluding hydrogens is 296 g/mol. The predicted molar refractivity (Wildman–Crippen MR) is 83.9 cm³/mol. The summed E-state index contributed by atoms with van der Waals surface area (Å²) in [5, 5.41) is 0. The molecule has 4 unspecified atom stereocenters. The molecule has 1 aliphatic carbocycles. The maximum Gasteiger partial charge on any atom is 0.184 e. The van der Waals surface area contributed by atoms with Crippen molar-refractivity contribution in [3.05, 3.63) is 23.8 Å². The van der Waals surface area contributed by atoms with E-state index in [4.69, 9.17) is 23.7 Å². The number of ether oxygens (including phenoxy) is 5. The molecule has 1 saturated carbocycles. The van der Waals surface area contributed by atoms with Crippen LogP contribution in [0.15, 0.2) is 18.2 Å². The lowest BCUT2D eigenvalue weighted by atomic mass is 10.1. The molecule has 3 aliphatic rings. The van der Waals surface area contributed by atoms with E-state index >= 15 is 0 Å². The summed E-state index contributed by atoms with van der Waals surface area (Å²) in [7, 11) is 1.69. The Morgan fingerprint density at radius 2 is 2.09 bits per heavy atom. The van der Waals surface area contributed by atoms with Crippen molar-refractivity contribution in [1.29, 1.82) is 0 Å². The van der Waals surface area contributed by atoms with Crippen LogP contribution in [0.5, 0.6) is 11.5 Å². The first-order valence-electron chi connectivity index (χ1n) is 8.45. The molecule has 1 aromatic carbocycles. The number of hydrogen-bond acceptors (Lipinski definition) is 5. The van der Waals surface area contributed by atoms with E-state index in [0.29, 0.717) is 31.0 Å². The van der Waals surface area contributed by atoms with Crippen molar-refractivity contribution < 1.29 is 23.7 Å². The second-order valence-corrected chi connectivity index (χ2v) is 6.56. The Kier molecular flexibility index (Phi) is 4.18. The molecule has 4 rings (SSSR count). The molecule has 2 aliphatic heterocycles. The van der Waals surface area contributed by atoms with Gasteiger partial charge in [0.25, 0.3) is 0 Å². The molecule has 2 saturated heterocycles. The molecule has 5 heteroatoms. The van der Waals surface area contributed by atoms with Crippen molar-refractivity contribution in [3.63, 3.8) is 0 Å². The van der Waals surface area contributed by atoms with Gasteiger partial charge in [0.2, 0.25) is 0 Å². The second kappa shape index (κ2) is 6.30. The summed E-state index contributed by atoms with van der Waals surface area (Å²) in [6, 6.07) is 6.28. The van der Waals surface area contributed by atoms with Gasteiger partial charge in [-0.15, -0.1) is 0 Å². The number of epoxide rings is 1. The third-order valence-corrected chi connectivity index (χ3v) is 4.87. The fourth-order valence-electron chi connectivity index (χ4n) is 3.29. The predicted octanol–water partition coefficient (Wildman–Crippen LogP) is 2.59. The first-order chi connectivity index (χ1) is 11.3. The van der Waals surface area contributed by atoms with Crippen LogP contribution in [0.2, 0.25) is 0 Å². The summed E-state index contributed by atoms with van der Waals surface area (Å²) in [4.78, 5) is 0. The largest absolute Gasteiger partial charge is 0.493 e. The van der Waals surface area contributed by atoms with Crippen molar-refractivity contribution in [2.75, 3.05) is 33.5 Å². The highest BCUT2D eigenvalue weighted by Crippen LogP contribution is 2.56. The lowest BCUT2D eigenvalue weighted by molar-refractivity contribution is -0.0511. The van der Waals surface area contributed by atoms with Gasteiger partial charge in [0.15, 0.2) is 17.8 Å². The number of hydrogen-bond donors (Lipinski definition) is 0. The van der Waals surface area contributed by atoms with Gasteiger partial charge >= 0.3 is 0 Å². The highest BCUT2D eigenvalue weighted by Gasteiger charge is 2.56. The summed E-state index contributed by atoms with van der Waals surface area (Å²) in [5.74, 6) is 3.26. The molecule has 23 heavy (non-hydrogen) atoms. The van der Waals surface area contributed by atoms with E-state index in [1.807, 2.05) is 13.0 Å². The van der Waals surface area contributed by atoms with Crippen LogP contribution in [-0.4, -0.2) is 45.9 Å². The smallest absolute Gasteiger partial charge is 0.184 e. The second-order valence-electron chi connectivity index (χ2n) is 6.56. The lowest BCUT2D eigenvalue weighted by Gasteiger charge is -2.26. The number of rotatable bonds is 8. The molecule has 0 N–H and O–H groups in total. The van der Waals surface area contributed by atoms with Crippen molar-refractivity contribution in [2.45, 2.75) is 31.7 Å². The van der Waals surface area contributed by atoms with Crippen molar-refractivity contribution in [3.8, 4) is 11.5 Å². The fourth-order valence-corrected chi connectivity index (χ4v) is 3.29. The van der Waals surface area contributed by atoms with E-state index in [0.717, 1.165) is 31.1 Å². The molecule has 0 aromatic heterocycles. The van der Waals surface area contributed by atoms with E-state index < -0.39 is 0 Å². The van der Waals surface area contributed by atoms with Gasteiger partial charge in [0.1, 0.15) is 6.10 Å². The van der Waals surface area contributed by atoms with Gasteiger partial charge in [0.05, 0.1) is 26.9 Å². The highest BCUT2D eigenvalue weighted by molar-refractivity contribution is 5.45. The van der Waals surface area contributed by atoms with Crippen LogP contribution in [0.3, 0.4) is 0 Å². The average Bonchev–Trinajstić information content (AvgIpc) is 3.40. The van der Waals surface area contributed by atoms with Gasteiger partial charge < -0.3 is 23.7 Å². The van der Waals surface area contributed by atoms with Gasteiger partial charge in [0, 0.05) is 12.5 Å². The molecule has 0 spiro atoms. The zero-order valence-electron chi connectivity index (χ0n) is 13.7. The minimum Gasteiger partial charge on any atom is -0.493 e. The van der Waals surface area contributed by atoms with E-state index in [1.54, 1.807) is 7.11 Å². The Hall–Kier alpha value is -1.30. The molecule has 126 valence electrons. The standard InChI is InChI=1S/C18H24O5/c1-3-21-18-17(23-18)14-7-13(14)12-4-5-15(16(6-12)19-2)22-10-11-8-20-9-11/h4-6,11,13-14,17-18H,3,7-10H2,1-2H3. The van der Waals surface area contributed by atoms with Crippen LogP contribution in [0.4, 0.5) is 0 Å². The molecule has 0 radical (unpaired) electrons. The van der Waals surface area contributed by atoms with Crippen molar-refractivity contribution >= 4 is 0 Å². The van der Waals surface area contributed by atoms with Crippen LogP contribution < -0.4 is 9.47 Å². The average molecular weight is 320 g/mol. The Bertz CT molecular complexity index is 556. The van der Waals surface area contributed by atoms with Crippen LogP contribution in [-0.2, 0) is 14.2 Å². The molecule has 2 heterocycles. The van der Waals surface area contributed by atoms with Gasteiger partial charge in [-0.3, -0.25) is 0 Å². The molecule has 3 fully saturated rings. The Balaban J connectivity index is 1.36. The van der Waals surface area contributed by atoms with Crippen LogP contribution in [0, 0.1) is 11.8 Å². The molecule has 0 bridgehead atoms. The van der Waals surface area contributed by atoms with E-state index in [1.165, 1.54) is 5.56 Å². The fraction of sp³-hybridized carbons (Fsp3) is 0.667. The van der Waals surface area contributed by atoms with Crippen molar-refractivity contribution in [2.24, 2.45) is 11.8 Å². The summed E-state index contributed by atoms with van der Waals surface area (Å²) in [5.41, 5.74) is 1.30. The third kappa shape index (κ3) is 3.18. The summed E-state index contributed by atoms with van der Waals surface area (Å²) >= 11 is 0. The van der Waals surface area contributed by atoms with Crippen LogP contribution >= 0.6 is 0 Å². The van der Waals surface area contributed by atoms with Gasteiger partial charge in [-0.25, -0.2) is 0 Å². The number of benzene rings is 1. The monoisotopic (exact) mass is 320 g/mol. The van der Waals surface area contributed by atoms with E-state index in [2.05, 4.69) is 12.1 Å². The maximum atomic E-state index is 5.87. The Morgan fingerprint density at radius 1 is 1.22 bits per heavy atom. The van der Waals surface area contributed by atoms with Crippen molar-refractivity contribution in [1.82, 2.24) is 0 Å². The molecule has 0 amide bonds. The first kappa shape index (κ1) is 15.2. The zero-order valence-corrected chi connectivity index (χ0v) is 13.7. The Morgan fingerprint density at radius 3 is 2.78 bits per heavy atom. The third-order valence-electron chi connectivity index (χ3n) is 4.87. The maximum absolute atomic E-state index is 5.87. The van der Waals surface area contributed by atoms with Crippen LogP contribution in [0.1, 0.15) is 24.8 Å². The minimum absolute atomic E-state index is 0.0178. The summed E-state index contributed by atoms with van der Waals surface area (Å²) in [6.45, 7) is 5.00. The minimum atomic E-state index is 0.0178. The quantitative estimate of drug-likeness (QED) is 0.689.